The average molecular weight is 239 g/mol. The zero-order valence-corrected chi connectivity index (χ0v) is 11.0. The van der Waals surface area contributed by atoms with Gasteiger partial charge in [-0.25, -0.2) is 9.97 Å². The lowest BCUT2D eigenvalue weighted by atomic mass is 10.2. The zero-order valence-electron chi connectivity index (χ0n) is 10.2. The molecule has 0 aliphatic carbocycles. The van der Waals surface area contributed by atoms with Crippen LogP contribution in [0.4, 0.5) is 5.82 Å². The molecule has 1 aromatic heterocycles. The summed E-state index contributed by atoms with van der Waals surface area (Å²) in [6.07, 6.45) is 8.57. The van der Waals surface area contributed by atoms with Gasteiger partial charge in [-0.3, -0.25) is 0 Å². The molecule has 0 amide bonds. The molecule has 0 aromatic carbocycles. The normalized spacial score (nSPS) is 10.4. The maximum Gasteiger partial charge on any atom is 0.129 e. The second-order valence-electron chi connectivity index (χ2n) is 3.73. The second kappa shape index (κ2) is 8.39. The van der Waals surface area contributed by atoms with Crippen molar-refractivity contribution < 1.29 is 0 Å². The van der Waals surface area contributed by atoms with Gasteiger partial charge in [0, 0.05) is 18.3 Å². The van der Waals surface area contributed by atoms with E-state index in [4.69, 9.17) is 0 Å². The van der Waals surface area contributed by atoms with Crippen LogP contribution in [0.25, 0.3) is 0 Å². The number of aromatic nitrogens is 2. The van der Waals surface area contributed by atoms with Gasteiger partial charge in [-0.15, -0.1) is 0 Å². The third-order valence-corrected chi connectivity index (χ3v) is 3.11. The molecule has 0 unspecified atom stereocenters. The van der Waals surface area contributed by atoms with Crippen molar-refractivity contribution in [2.24, 2.45) is 0 Å². The molecule has 1 N–H and O–H groups in total. The van der Waals surface area contributed by atoms with Crippen LogP contribution in [0, 0.1) is 0 Å². The fourth-order valence-corrected chi connectivity index (χ4v) is 1.95. The van der Waals surface area contributed by atoms with Crippen molar-refractivity contribution in [2.45, 2.75) is 32.6 Å². The SMILES string of the molecule is CCc1cc(NCCCCCSC)ncn1. The van der Waals surface area contributed by atoms with Crippen molar-refractivity contribution in [2.75, 3.05) is 23.9 Å². The molecule has 0 saturated heterocycles. The van der Waals surface area contributed by atoms with Crippen LogP contribution < -0.4 is 5.32 Å². The number of anilines is 1. The molecule has 1 rings (SSSR count). The highest BCUT2D eigenvalue weighted by molar-refractivity contribution is 7.98. The molecule has 1 heterocycles. The molecular weight excluding hydrogens is 218 g/mol. The predicted octanol–water partition coefficient (Wildman–Crippen LogP) is 2.98. The molecule has 0 saturated carbocycles. The van der Waals surface area contributed by atoms with Crippen LogP contribution in [-0.2, 0) is 6.42 Å². The van der Waals surface area contributed by atoms with Gasteiger partial charge in [0.25, 0.3) is 0 Å². The molecule has 1 aromatic rings. The van der Waals surface area contributed by atoms with Crippen LogP contribution in [0.15, 0.2) is 12.4 Å². The first-order chi connectivity index (χ1) is 7.86. The van der Waals surface area contributed by atoms with E-state index < -0.39 is 0 Å². The molecule has 4 heteroatoms. The molecule has 0 aliphatic heterocycles. The lowest BCUT2D eigenvalue weighted by molar-refractivity contribution is 0.747. The number of thioether (sulfide) groups is 1. The number of nitrogens with one attached hydrogen (secondary N) is 1. The second-order valence-corrected chi connectivity index (χ2v) is 4.71. The highest BCUT2D eigenvalue weighted by Crippen LogP contribution is 2.06. The summed E-state index contributed by atoms with van der Waals surface area (Å²) in [5.74, 6) is 2.23. The van der Waals surface area contributed by atoms with E-state index in [0.717, 1.165) is 24.5 Å². The van der Waals surface area contributed by atoms with E-state index in [9.17, 15) is 0 Å². The Balaban J connectivity index is 2.16. The van der Waals surface area contributed by atoms with E-state index in [-0.39, 0.29) is 0 Å². The Morgan fingerprint density at radius 1 is 1.25 bits per heavy atom. The van der Waals surface area contributed by atoms with Gasteiger partial charge >= 0.3 is 0 Å². The largest absolute Gasteiger partial charge is 0.370 e. The maximum absolute atomic E-state index is 4.19. The van der Waals surface area contributed by atoms with E-state index >= 15 is 0 Å². The van der Waals surface area contributed by atoms with Crippen molar-refractivity contribution in [3.05, 3.63) is 18.1 Å². The summed E-state index contributed by atoms with van der Waals surface area (Å²) in [5, 5.41) is 3.34. The van der Waals surface area contributed by atoms with Crippen LogP contribution in [0.1, 0.15) is 31.9 Å². The summed E-state index contributed by atoms with van der Waals surface area (Å²) in [6.45, 7) is 3.11. The Bertz CT molecular complexity index is 291. The van der Waals surface area contributed by atoms with Crippen molar-refractivity contribution >= 4 is 17.6 Å². The summed E-state index contributed by atoms with van der Waals surface area (Å²) >= 11 is 1.92. The van der Waals surface area contributed by atoms with E-state index in [1.165, 1.54) is 25.0 Å². The Morgan fingerprint density at radius 3 is 2.88 bits per heavy atom. The molecule has 0 spiro atoms. The smallest absolute Gasteiger partial charge is 0.129 e. The molecular formula is C12H21N3S. The summed E-state index contributed by atoms with van der Waals surface area (Å²) in [7, 11) is 0. The van der Waals surface area contributed by atoms with Crippen molar-refractivity contribution in [3.8, 4) is 0 Å². The van der Waals surface area contributed by atoms with Crippen LogP contribution in [0.3, 0.4) is 0 Å². The molecule has 90 valence electrons. The minimum atomic E-state index is 0.955. The van der Waals surface area contributed by atoms with Crippen molar-refractivity contribution in [1.29, 1.82) is 0 Å². The Labute approximate surface area is 102 Å². The van der Waals surface area contributed by atoms with Gasteiger partial charge in [-0.05, 0) is 31.3 Å². The molecule has 16 heavy (non-hydrogen) atoms. The van der Waals surface area contributed by atoms with Crippen molar-refractivity contribution in [1.82, 2.24) is 9.97 Å². The van der Waals surface area contributed by atoms with Crippen molar-refractivity contribution in [3.63, 3.8) is 0 Å². The first-order valence-electron chi connectivity index (χ1n) is 5.90. The van der Waals surface area contributed by atoms with Gasteiger partial charge < -0.3 is 5.32 Å². The maximum atomic E-state index is 4.19. The summed E-state index contributed by atoms with van der Waals surface area (Å²) in [4.78, 5) is 8.37. The highest BCUT2D eigenvalue weighted by Gasteiger charge is 1.96. The predicted molar refractivity (Wildman–Crippen MR) is 72.1 cm³/mol. The number of nitrogens with zero attached hydrogens (tertiary/aromatic N) is 2. The van der Waals surface area contributed by atoms with Gasteiger partial charge in [0.15, 0.2) is 0 Å². The number of hydrogen-bond donors (Lipinski definition) is 1. The topological polar surface area (TPSA) is 37.8 Å². The lowest BCUT2D eigenvalue weighted by Gasteiger charge is -2.05. The van der Waals surface area contributed by atoms with Crippen LogP contribution in [0.5, 0.6) is 0 Å². The number of rotatable bonds is 8. The zero-order chi connectivity index (χ0) is 11.6. The minimum absolute atomic E-state index is 0.955. The van der Waals surface area contributed by atoms with Gasteiger partial charge in [0.05, 0.1) is 0 Å². The quantitative estimate of drug-likeness (QED) is 0.708. The van der Waals surface area contributed by atoms with Crippen LogP contribution in [-0.4, -0.2) is 28.5 Å². The average Bonchev–Trinajstić information content (AvgIpc) is 2.34. The monoisotopic (exact) mass is 239 g/mol. The number of hydrogen-bond acceptors (Lipinski definition) is 4. The summed E-state index contributed by atoms with van der Waals surface area (Å²) in [5.41, 5.74) is 1.10. The fraction of sp³-hybridized carbons (Fsp3) is 0.667. The number of aryl methyl sites for hydroxylation is 1. The molecule has 0 radical (unpaired) electrons. The summed E-state index contributed by atoms with van der Waals surface area (Å²) in [6, 6.07) is 2.03. The van der Waals surface area contributed by atoms with Crippen LogP contribution >= 0.6 is 11.8 Å². The van der Waals surface area contributed by atoms with Gasteiger partial charge in [0.2, 0.25) is 0 Å². The number of unbranched alkanes of at least 4 members (excludes halogenated alkanes) is 2. The van der Waals surface area contributed by atoms with E-state index in [1.807, 2.05) is 17.8 Å². The fourth-order valence-electron chi connectivity index (χ4n) is 1.45. The Kier molecular flexibility index (Phi) is 6.97. The lowest BCUT2D eigenvalue weighted by Crippen LogP contribution is -2.04. The molecule has 0 bridgehead atoms. The highest BCUT2D eigenvalue weighted by atomic mass is 32.2. The van der Waals surface area contributed by atoms with Gasteiger partial charge in [-0.2, -0.15) is 11.8 Å². The molecule has 0 atom stereocenters. The molecule has 0 aliphatic rings. The first-order valence-corrected chi connectivity index (χ1v) is 7.30. The Hall–Kier alpha value is -0.770. The minimum Gasteiger partial charge on any atom is -0.370 e. The third-order valence-electron chi connectivity index (χ3n) is 2.42. The van der Waals surface area contributed by atoms with E-state index in [1.54, 1.807) is 6.33 Å². The van der Waals surface area contributed by atoms with E-state index in [2.05, 4.69) is 28.5 Å². The van der Waals surface area contributed by atoms with Crippen LogP contribution in [0.2, 0.25) is 0 Å². The first kappa shape index (κ1) is 13.3. The standard InChI is InChI=1S/C12H21N3S/c1-3-11-9-12(15-10-14-11)13-7-5-4-6-8-16-2/h9-10H,3-8H2,1-2H3,(H,13,14,15). The summed E-state index contributed by atoms with van der Waals surface area (Å²) < 4.78 is 0. The third kappa shape index (κ3) is 5.35. The van der Waals surface area contributed by atoms with Gasteiger partial charge in [0.1, 0.15) is 12.1 Å². The van der Waals surface area contributed by atoms with Gasteiger partial charge in [-0.1, -0.05) is 13.3 Å². The molecule has 0 fully saturated rings. The van der Waals surface area contributed by atoms with E-state index in [0.29, 0.717) is 0 Å². The Morgan fingerprint density at radius 2 is 2.12 bits per heavy atom. The molecule has 3 nitrogen and oxygen atoms in total.